The largest absolute Gasteiger partial charge is 0.512 e. The zero-order valence-corrected chi connectivity index (χ0v) is 29.7. The smallest absolute Gasteiger partial charge is 0.162 e. The van der Waals surface area contributed by atoms with Gasteiger partial charge in [0.25, 0.3) is 0 Å². The Morgan fingerprint density at radius 1 is 0.860 bits per heavy atom. The molecule has 0 aliphatic carbocycles. The first-order valence-corrected chi connectivity index (χ1v) is 16.1. The Kier molecular flexibility index (Phi) is 12.3. The number of carbonyl (C=O) groups is 1. The van der Waals surface area contributed by atoms with Crippen LogP contribution in [0, 0.1) is 17.9 Å². The van der Waals surface area contributed by atoms with Crippen molar-refractivity contribution in [2.45, 2.75) is 79.6 Å². The van der Waals surface area contributed by atoms with Crippen molar-refractivity contribution >= 4 is 48.1 Å². The van der Waals surface area contributed by atoms with Crippen molar-refractivity contribution in [1.82, 2.24) is 4.98 Å². The summed E-state index contributed by atoms with van der Waals surface area (Å²) in [6.07, 6.45) is 6.92. The first-order valence-electron chi connectivity index (χ1n) is 15.3. The zero-order valence-electron chi connectivity index (χ0n) is 26.5. The van der Waals surface area contributed by atoms with Gasteiger partial charge in [0.15, 0.2) is 5.78 Å². The molecule has 0 aliphatic rings. The number of hydrogen-bond acceptors (Lipinski definition) is 4. The minimum atomic E-state index is 0. The Bertz CT molecular complexity index is 1700. The van der Waals surface area contributed by atoms with Crippen molar-refractivity contribution in [3.8, 4) is 11.3 Å². The van der Waals surface area contributed by atoms with Gasteiger partial charge in [-0.05, 0) is 37.2 Å². The van der Waals surface area contributed by atoms with E-state index in [1.165, 1.54) is 37.2 Å². The van der Waals surface area contributed by atoms with E-state index in [4.69, 9.17) is 4.98 Å². The van der Waals surface area contributed by atoms with Gasteiger partial charge in [-0.25, -0.2) is 0 Å². The van der Waals surface area contributed by atoms with E-state index in [-0.39, 0.29) is 48.9 Å². The summed E-state index contributed by atoms with van der Waals surface area (Å²) >= 11 is 1.83. The molecule has 1 N–H and O–H groups in total. The Balaban J connectivity index is 0.000000274. The normalized spacial score (nSPS) is 12.1. The molecule has 0 aliphatic heterocycles. The second-order valence-corrected chi connectivity index (χ2v) is 13.1. The molecule has 0 saturated heterocycles. The maximum absolute atomic E-state index is 11.7. The zero-order chi connectivity index (χ0) is 30.4. The average Bonchev–Trinajstić information content (AvgIpc) is 3.35. The van der Waals surface area contributed by atoms with Crippen molar-refractivity contribution in [2.75, 3.05) is 0 Å². The van der Waals surface area contributed by atoms with Gasteiger partial charge in [0, 0.05) is 70.1 Å². The third-order valence-electron chi connectivity index (χ3n) is 8.20. The second-order valence-electron chi connectivity index (χ2n) is 12.1. The number of pyridine rings is 1. The van der Waals surface area contributed by atoms with Crippen molar-refractivity contribution in [2.24, 2.45) is 11.8 Å². The van der Waals surface area contributed by atoms with Gasteiger partial charge in [0.05, 0.1) is 5.76 Å². The van der Waals surface area contributed by atoms with Crippen LogP contribution in [0.25, 0.3) is 42.2 Å². The fourth-order valence-corrected chi connectivity index (χ4v) is 6.65. The van der Waals surface area contributed by atoms with Crippen molar-refractivity contribution < 1.29 is 30.0 Å². The van der Waals surface area contributed by atoms with E-state index in [2.05, 4.69) is 87.5 Å². The van der Waals surface area contributed by atoms with E-state index in [9.17, 15) is 9.90 Å². The van der Waals surface area contributed by atoms with Crippen LogP contribution in [-0.2, 0) is 30.3 Å². The molecule has 0 atom stereocenters. The minimum Gasteiger partial charge on any atom is -0.512 e. The molecule has 2 heterocycles. The van der Waals surface area contributed by atoms with Crippen LogP contribution < -0.4 is 0 Å². The Hall–Kier alpha value is -2.85. The molecule has 5 rings (SSSR count). The molecule has 229 valence electrons. The number of hydrogen-bond donors (Lipinski definition) is 1. The van der Waals surface area contributed by atoms with Crippen molar-refractivity contribution in [1.29, 1.82) is 0 Å². The number of aliphatic hydroxyl groups is 1. The predicted octanol–water partition coefficient (Wildman–Crippen LogP) is 11.2. The van der Waals surface area contributed by atoms with E-state index in [1.807, 2.05) is 45.2 Å². The number of fused-ring (bicyclic) bond motifs is 4. The van der Waals surface area contributed by atoms with Gasteiger partial charge in [-0.2, -0.15) is 0 Å². The van der Waals surface area contributed by atoms with Crippen LogP contribution in [0.3, 0.4) is 0 Å². The Morgan fingerprint density at radius 3 is 2.09 bits per heavy atom. The first-order chi connectivity index (χ1) is 20.1. The summed E-state index contributed by atoms with van der Waals surface area (Å²) in [4.78, 5) is 16.5. The summed E-state index contributed by atoms with van der Waals surface area (Å²) in [5, 5.41) is 14.7. The van der Waals surface area contributed by atoms with Gasteiger partial charge in [0.1, 0.15) is 0 Å². The third kappa shape index (κ3) is 8.01. The van der Waals surface area contributed by atoms with Gasteiger partial charge in [0.2, 0.25) is 0 Å². The molecule has 5 heteroatoms. The summed E-state index contributed by atoms with van der Waals surface area (Å²) < 4.78 is 2.59. The summed E-state index contributed by atoms with van der Waals surface area (Å²) in [5.74, 6) is 0.547. The number of allylic oxidation sites excluding steroid dienone is 2. The molecule has 1 radical (unpaired) electrons. The van der Waals surface area contributed by atoms with E-state index < -0.39 is 0 Å². The van der Waals surface area contributed by atoms with Crippen molar-refractivity contribution in [3.63, 3.8) is 0 Å². The summed E-state index contributed by atoms with van der Waals surface area (Å²) in [5.41, 5.74) is 3.46. The quantitative estimate of drug-likeness (QED) is 0.0971. The van der Waals surface area contributed by atoms with Crippen LogP contribution in [-0.4, -0.2) is 15.9 Å². The summed E-state index contributed by atoms with van der Waals surface area (Å²) in [6.45, 7) is 14.9. The van der Waals surface area contributed by atoms with Crippen LogP contribution in [0.15, 0.2) is 78.7 Å². The van der Waals surface area contributed by atoms with Gasteiger partial charge < -0.3 is 5.11 Å². The molecule has 3 aromatic carbocycles. The maximum Gasteiger partial charge on any atom is 0.162 e. The fourth-order valence-electron chi connectivity index (χ4n) is 5.54. The number of nitrogens with zero attached hydrogens (tertiary/aromatic N) is 1. The van der Waals surface area contributed by atoms with Crippen LogP contribution in [0.4, 0.5) is 0 Å². The van der Waals surface area contributed by atoms with Crippen LogP contribution in [0.1, 0.15) is 79.7 Å². The summed E-state index contributed by atoms with van der Waals surface area (Å²) in [7, 11) is 0. The molecule has 5 aromatic rings. The molecule has 0 bridgehead atoms. The number of thiophene rings is 1. The second kappa shape index (κ2) is 15.2. The molecule has 3 nitrogen and oxygen atoms in total. The maximum atomic E-state index is 11.7. The van der Waals surface area contributed by atoms with Crippen LogP contribution in [0.5, 0.6) is 0 Å². The number of aliphatic hydroxyl groups excluding tert-OH is 1. The van der Waals surface area contributed by atoms with Gasteiger partial charge >= 0.3 is 0 Å². The molecule has 0 spiro atoms. The van der Waals surface area contributed by atoms with E-state index >= 15 is 0 Å². The van der Waals surface area contributed by atoms with Crippen LogP contribution >= 0.6 is 11.3 Å². The van der Waals surface area contributed by atoms with Gasteiger partial charge in [-0.15, -0.1) is 40.5 Å². The molecule has 43 heavy (non-hydrogen) atoms. The van der Waals surface area contributed by atoms with E-state index in [0.29, 0.717) is 0 Å². The summed E-state index contributed by atoms with van der Waals surface area (Å²) in [6, 6.07) is 25.1. The average molecular weight is 771 g/mol. The Morgan fingerprint density at radius 2 is 1.47 bits per heavy atom. The molecule has 0 amide bonds. The van der Waals surface area contributed by atoms with Gasteiger partial charge in [-0.3, -0.25) is 9.78 Å². The standard InChI is InChI=1S/C25H20NS.C13H24O2.Ir/c1-25(2,3)21-13-17(12-16-8-4-5-9-18(16)21)22-14-24-20(15-26-22)19-10-6-7-11-23(19)27-24;1-5-10(6-2)12(14)9-13(15)11(7-3)8-4;/h4-11,13-15H,1-3H3;9-11,14H,5-8H2,1-4H3;/q-1;;/b;12-9-;. The van der Waals surface area contributed by atoms with Gasteiger partial charge in [-0.1, -0.05) is 102 Å². The number of ketones is 1. The predicted molar refractivity (Wildman–Crippen MR) is 181 cm³/mol. The fraction of sp³-hybridized carbons (Fsp3) is 0.368. The van der Waals surface area contributed by atoms with Crippen LogP contribution in [0.2, 0.25) is 0 Å². The van der Waals surface area contributed by atoms with Crippen molar-refractivity contribution in [3.05, 3.63) is 90.3 Å². The molecule has 2 aromatic heterocycles. The number of aromatic nitrogens is 1. The molecule has 0 saturated carbocycles. The number of benzene rings is 3. The molecular formula is C38H44IrNO2S-. The minimum absolute atomic E-state index is 0. The Labute approximate surface area is 274 Å². The molecule has 0 unspecified atom stereocenters. The van der Waals surface area contributed by atoms with E-state index in [0.717, 1.165) is 42.3 Å². The third-order valence-corrected chi connectivity index (χ3v) is 9.34. The SMILES string of the molecule is CC(C)(C)c1cc(-c2cc3sc4ccccc4c3cn2)[c-]c2ccccc12.CCC(CC)C(=O)/C=C(\O)C(CC)CC.[Ir]. The van der Waals surface area contributed by atoms with E-state index in [1.54, 1.807) is 0 Å². The number of carbonyl (C=O) groups excluding carboxylic acids is 1. The topological polar surface area (TPSA) is 50.2 Å². The molecule has 0 fully saturated rings. The monoisotopic (exact) mass is 771 g/mol. The number of rotatable bonds is 8. The molecular weight excluding hydrogens is 727 g/mol. The first kappa shape index (κ1) is 34.6.